The molecular weight excluding hydrogens is 604 g/mol. The Morgan fingerprint density at radius 3 is 2.27 bits per heavy atom. The van der Waals surface area contributed by atoms with E-state index < -0.39 is 56.5 Å². The summed E-state index contributed by atoms with van der Waals surface area (Å²) in [7, 11) is -3.49. The molecule has 2 aromatic rings. The van der Waals surface area contributed by atoms with Crippen LogP contribution in [0.1, 0.15) is 79.8 Å². The summed E-state index contributed by atoms with van der Waals surface area (Å²) in [5.41, 5.74) is 1.01. The number of carbonyl (C=O) groups excluding carboxylic acids is 3. The van der Waals surface area contributed by atoms with Crippen LogP contribution >= 0.6 is 0 Å². The molecule has 6 rings (SSSR count). The minimum Gasteiger partial charge on any atom is -0.406 e. The predicted octanol–water partition coefficient (Wildman–Crippen LogP) is 5.51. The fraction of sp³-hybridized carbons (Fsp3) is 0.516. The van der Waals surface area contributed by atoms with E-state index in [1.165, 1.54) is 30.3 Å². The number of carbonyl (C=O) groups is 3. The van der Waals surface area contributed by atoms with E-state index >= 15 is 0 Å². The van der Waals surface area contributed by atoms with Crippen molar-refractivity contribution in [2.75, 3.05) is 10.7 Å². The number of fused-ring (bicyclic) bond motifs is 2. The van der Waals surface area contributed by atoms with Gasteiger partial charge in [0, 0.05) is 47.7 Å². The second-order valence-electron chi connectivity index (χ2n) is 12.1. The van der Waals surface area contributed by atoms with Gasteiger partial charge < -0.3 is 14.5 Å². The van der Waals surface area contributed by atoms with Gasteiger partial charge in [0.2, 0.25) is 5.91 Å². The number of Topliss-reactive ketones (excluding diaryl/α,β-unsaturated/α-hetero) is 1. The van der Waals surface area contributed by atoms with E-state index in [1.54, 1.807) is 9.80 Å². The van der Waals surface area contributed by atoms with Crippen LogP contribution in [0.4, 0.5) is 23.2 Å². The number of hydrogen-bond acceptors (Lipinski definition) is 6. The van der Waals surface area contributed by atoms with E-state index in [0.717, 1.165) is 31.4 Å². The van der Waals surface area contributed by atoms with Crippen molar-refractivity contribution in [2.45, 2.75) is 87.5 Å². The van der Waals surface area contributed by atoms with Gasteiger partial charge in [-0.05, 0) is 81.0 Å². The Labute approximate surface area is 252 Å². The van der Waals surface area contributed by atoms with Gasteiger partial charge in [0.25, 0.3) is 5.91 Å². The fourth-order valence-corrected chi connectivity index (χ4v) is 8.44. The van der Waals surface area contributed by atoms with E-state index in [0.29, 0.717) is 36.9 Å². The van der Waals surface area contributed by atoms with Crippen LogP contribution in [-0.4, -0.2) is 60.4 Å². The highest BCUT2D eigenvalue weighted by Crippen LogP contribution is 2.53. The Bertz CT molecular complexity index is 1570. The smallest absolute Gasteiger partial charge is 0.406 e. The lowest BCUT2D eigenvalue weighted by atomic mass is 9.81. The Kier molecular flexibility index (Phi) is 7.96. The molecule has 4 aliphatic rings. The third kappa shape index (κ3) is 6.33. The molecule has 236 valence electrons. The maximum atomic E-state index is 14.8. The van der Waals surface area contributed by atoms with Crippen molar-refractivity contribution in [1.82, 2.24) is 4.90 Å². The lowest BCUT2D eigenvalue weighted by molar-refractivity contribution is -0.274. The molecule has 3 aliphatic carbocycles. The van der Waals surface area contributed by atoms with E-state index in [2.05, 4.69) is 4.74 Å². The molecule has 3 fully saturated rings. The zero-order chi connectivity index (χ0) is 31.4. The summed E-state index contributed by atoms with van der Waals surface area (Å²) in [6.45, 7) is 0. The number of rotatable bonds is 10. The first-order valence-corrected chi connectivity index (χ1v) is 16.6. The topological polar surface area (TPSA) is 101 Å². The van der Waals surface area contributed by atoms with Crippen LogP contribution in [0.3, 0.4) is 0 Å². The quantitative estimate of drug-likeness (QED) is 0.319. The number of anilines is 1. The van der Waals surface area contributed by atoms with Gasteiger partial charge in [-0.1, -0.05) is 6.42 Å². The van der Waals surface area contributed by atoms with Crippen LogP contribution in [-0.2, 0) is 19.4 Å². The van der Waals surface area contributed by atoms with Crippen molar-refractivity contribution in [3.8, 4) is 5.75 Å². The molecule has 1 aliphatic heterocycles. The zero-order valence-corrected chi connectivity index (χ0v) is 24.6. The highest BCUT2D eigenvalue weighted by atomic mass is 32.2. The summed E-state index contributed by atoms with van der Waals surface area (Å²) >= 11 is 0. The molecule has 0 unspecified atom stereocenters. The molecule has 13 heteroatoms. The highest BCUT2D eigenvalue weighted by Gasteiger charge is 2.51. The van der Waals surface area contributed by atoms with Crippen LogP contribution in [0.25, 0.3) is 0 Å². The van der Waals surface area contributed by atoms with Gasteiger partial charge in [0.15, 0.2) is 9.84 Å². The predicted molar refractivity (Wildman–Crippen MR) is 151 cm³/mol. The maximum Gasteiger partial charge on any atom is 0.573 e. The van der Waals surface area contributed by atoms with Gasteiger partial charge in [-0.3, -0.25) is 14.4 Å². The first-order valence-electron chi connectivity index (χ1n) is 14.9. The fourth-order valence-electron chi connectivity index (χ4n) is 6.76. The molecule has 8 nitrogen and oxygen atoms in total. The summed E-state index contributed by atoms with van der Waals surface area (Å²) in [5.74, 6) is -3.09. The molecule has 0 N–H and O–H groups in total. The molecule has 1 heterocycles. The molecule has 2 amide bonds. The Hall–Kier alpha value is -3.48. The summed E-state index contributed by atoms with van der Waals surface area (Å²) in [6.07, 6.45) is -0.637. The SMILES string of the molecule is O=C(CCC(=O)N(C1CC1)[C@H]1c2cc(F)ccc2N(C(=O)c2ccc(OC(F)(F)F)cc2)[C@H]2CCC[C@H]21)CS(=O)(=O)C1CC1. The van der Waals surface area contributed by atoms with Crippen LogP contribution in [0.5, 0.6) is 5.75 Å². The van der Waals surface area contributed by atoms with Crippen molar-refractivity contribution in [2.24, 2.45) is 5.92 Å². The number of benzene rings is 2. The van der Waals surface area contributed by atoms with E-state index in [-0.39, 0.29) is 42.3 Å². The molecule has 44 heavy (non-hydrogen) atoms. The molecule has 0 saturated heterocycles. The molecular formula is C31H32F4N2O6S. The summed E-state index contributed by atoms with van der Waals surface area (Å²) in [5, 5.41) is -0.463. The normalized spacial score (nSPS) is 23.1. The number of sulfone groups is 1. The number of ether oxygens (including phenoxy) is 1. The summed E-state index contributed by atoms with van der Waals surface area (Å²) in [6, 6.07) is 7.67. The number of nitrogens with zero attached hydrogens (tertiary/aromatic N) is 2. The summed E-state index contributed by atoms with van der Waals surface area (Å²) in [4.78, 5) is 43.5. The Morgan fingerprint density at radius 2 is 1.64 bits per heavy atom. The summed E-state index contributed by atoms with van der Waals surface area (Å²) < 4.78 is 81.2. The number of amides is 2. The monoisotopic (exact) mass is 636 g/mol. The van der Waals surface area contributed by atoms with Gasteiger partial charge in [-0.25, -0.2) is 12.8 Å². The number of halogens is 4. The van der Waals surface area contributed by atoms with E-state index in [1.807, 2.05) is 0 Å². The molecule has 0 bridgehead atoms. The van der Waals surface area contributed by atoms with Crippen LogP contribution in [0.2, 0.25) is 0 Å². The molecule has 0 spiro atoms. The van der Waals surface area contributed by atoms with Crippen molar-refractivity contribution < 1.29 is 45.1 Å². The minimum atomic E-state index is -4.88. The molecule has 2 aromatic carbocycles. The first-order chi connectivity index (χ1) is 20.8. The van der Waals surface area contributed by atoms with Gasteiger partial charge >= 0.3 is 6.36 Å². The van der Waals surface area contributed by atoms with Gasteiger partial charge in [-0.15, -0.1) is 13.2 Å². The molecule has 3 atom stereocenters. The number of ketones is 1. The highest BCUT2D eigenvalue weighted by molar-refractivity contribution is 7.93. The van der Waals surface area contributed by atoms with E-state index in [9.17, 15) is 40.4 Å². The van der Waals surface area contributed by atoms with Crippen molar-refractivity contribution in [3.05, 3.63) is 59.4 Å². The second-order valence-corrected chi connectivity index (χ2v) is 14.4. The average molecular weight is 637 g/mol. The maximum absolute atomic E-state index is 14.8. The second kappa shape index (κ2) is 11.5. The van der Waals surface area contributed by atoms with Crippen molar-refractivity contribution in [1.29, 1.82) is 0 Å². The third-order valence-electron chi connectivity index (χ3n) is 8.93. The van der Waals surface area contributed by atoms with Crippen molar-refractivity contribution in [3.63, 3.8) is 0 Å². The molecule has 0 aromatic heterocycles. The minimum absolute atomic E-state index is 0.112. The Morgan fingerprint density at radius 1 is 0.932 bits per heavy atom. The average Bonchev–Trinajstić information content (AvgIpc) is 3.89. The Balaban J connectivity index is 1.28. The number of alkyl halides is 3. The lowest BCUT2D eigenvalue weighted by Gasteiger charge is -2.48. The molecule has 3 saturated carbocycles. The lowest BCUT2D eigenvalue weighted by Crippen LogP contribution is -2.53. The standard InChI is InChI=1S/C31H32F4N2O6S/c32-19-6-14-27-25(16-19)29(36(20-7-8-20)28(39)15-9-21(38)17-44(41,42)23-12-13-23)24-2-1-3-26(24)37(27)30(40)18-4-10-22(11-5-18)43-31(33,34)35/h4-6,10-11,14,16,20,23-24,26,29H,1-3,7-9,12-13,15,17H2/t24-,26+,29-/m1/s1. The zero-order valence-electron chi connectivity index (χ0n) is 23.8. The number of hydrogen-bond donors (Lipinski definition) is 0. The van der Waals surface area contributed by atoms with Gasteiger partial charge in [0.1, 0.15) is 23.1 Å². The van der Waals surface area contributed by atoms with Gasteiger partial charge in [0.05, 0.1) is 11.3 Å². The van der Waals surface area contributed by atoms with Gasteiger partial charge in [-0.2, -0.15) is 0 Å². The van der Waals surface area contributed by atoms with Crippen LogP contribution in [0, 0.1) is 11.7 Å². The van der Waals surface area contributed by atoms with Crippen LogP contribution < -0.4 is 9.64 Å². The van der Waals surface area contributed by atoms with Crippen molar-refractivity contribution >= 4 is 33.1 Å². The largest absolute Gasteiger partial charge is 0.573 e. The van der Waals surface area contributed by atoms with Crippen LogP contribution in [0.15, 0.2) is 42.5 Å². The first kappa shape index (κ1) is 30.5. The third-order valence-corrected chi connectivity index (χ3v) is 11.1. The van der Waals surface area contributed by atoms with E-state index in [4.69, 9.17) is 0 Å². The molecule has 0 radical (unpaired) electrons.